The van der Waals surface area contributed by atoms with Gasteiger partial charge < -0.3 is 4.90 Å². The number of aryl methyl sites for hydroxylation is 1. The number of nitriles is 1. The van der Waals surface area contributed by atoms with Gasteiger partial charge in [-0.05, 0) is 32.4 Å². The SMILES string of the molecule is Cc1cccc(C#N)c1N1CCN(C(C)C)CC1. The minimum atomic E-state index is 0.611. The van der Waals surface area contributed by atoms with Crippen LogP contribution in [0, 0.1) is 18.3 Å². The van der Waals surface area contributed by atoms with E-state index in [1.807, 2.05) is 12.1 Å². The monoisotopic (exact) mass is 243 g/mol. The summed E-state index contributed by atoms with van der Waals surface area (Å²) in [6, 6.07) is 8.89. The topological polar surface area (TPSA) is 30.3 Å². The number of hydrogen-bond donors (Lipinski definition) is 0. The summed E-state index contributed by atoms with van der Waals surface area (Å²) in [5.41, 5.74) is 3.13. The van der Waals surface area contributed by atoms with E-state index in [1.54, 1.807) is 0 Å². The van der Waals surface area contributed by atoms with Crippen LogP contribution in [0.5, 0.6) is 0 Å². The summed E-state index contributed by atoms with van der Waals surface area (Å²) in [7, 11) is 0. The predicted octanol–water partition coefficient (Wildman–Crippen LogP) is 2.40. The number of piperazine rings is 1. The highest BCUT2D eigenvalue weighted by Gasteiger charge is 2.21. The highest BCUT2D eigenvalue weighted by atomic mass is 15.3. The summed E-state index contributed by atoms with van der Waals surface area (Å²) in [4.78, 5) is 4.84. The molecule has 18 heavy (non-hydrogen) atoms. The molecular weight excluding hydrogens is 222 g/mol. The number of rotatable bonds is 2. The van der Waals surface area contributed by atoms with E-state index in [2.05, 4.69) is 42.7 Å². The van der Waals surface area contributed by atoms with Gasteiger partial charge in [-0.25, -0.2) is 0 Å². The van der Waals surface area contributed by atoms with Crippen molar-refractivity contribution in [3.63, 3.8) is 0 Å². The Kier molecular flexibility index (Phi) is 3.88. The van der Waals surface area contributed by atoms with Gasteiger partial charge in [0.05, 0.1) is 11.3 Å². The molecule has 0 atom stereocenters. The lowest BCUT2D eigenvalue weighted by molar-refractivity contribution is 0.209. The van der Waals surface area contributed by atoms with Crippen LogP contribution in [-0.4, -0.2) is 37.1 Å². The van der Waals surface area contributed by atoms with Crippen molar-refractivity contribution in [2.75, 3.05) is 31.1 Å². The molecule has 0 aromatic heterocycles. The maximum Gasteiger partial charge on any atom is 0.101 e. The molecular formula is C15H21N3. The molecule has 1 fully saturated rings. The van der Waals surface area contributed by atoms with Crippen LogP contribution in [0.15, 0.2) is 18.2 Å². The van der Waals surface area contributed by atoms with Crippen LogP contribution >= 0.6 is 0 Å². The van der Waals surface area contributed by atoms with E-state index in [4.69, 9.17) is 0 Å². The first-order chi connectivity index (χ1) is 8.63. The van der Waals surface area contributed by atoms with Crippen molar-refractivity contribution < 1.29 is 0 Å². The van der Waals surface area contributed by atoms with Gasteiger partial charge >= 0.3 is 0 Å². The summed E-state index contributed by atoms with van der Waals surface area (Å²) in [6.45, 7) is 10.8. The minimum Gasteiger partial charge on any atom is -0.368 e. The first kappa shape index (κ1) is 12.9. The molecule has 0 amide bonds. The van der Waals surface area contributed by atoms with Gasteiger partial charge in [-0.3, -0.25) is 4.90 Å². The van der Waals surface area contributed by atoms with Crippen molar-refractivity contribution >= 4 is 5.69 Å². The molecule has 1 saturated heterocycles. The molecule has 0 N–H and O–H groups in total. The molecule has 0 bridgehead atoms. The summed E-state index contributed by atoms with van der Waals surface area (Å²) in [5.74, 6) is 0. The zero-order valence-corrected chi connectivity index (χ0v) is 11.5. The second-order valence-corrected chi connectivity index (χ2v) is 5.20. The molecule has 2 rings (SSSR count). The lowest BCUT2D eigenvalue weighted by Crippen LogP contribution is -2.49. The number of anilines is 1. The van der Waals surface area contributed by atoms with Crippen LogP contribution in [-0.2, 0) is 0 Å². The summed E-state index contributed by atoms with van der Waals surface area (Å²) >= 11 is 0. The van der Waals surface area contributed by atoms with Crippen molar-refractivity contribution in [3.8, 4) is 6.07 Å². The molecule has 0 saturated carbocycles. The first-order valence-electron chi connectivity index (χ1n) is 6.62. The zero-order chi connectivity index (χ0) is 13.1. The maximum absolute atomic E-state index is 9.23. The summed E-state index contributed by atoms with van der Waals surface area (Å²) in [5, 5.41) is 9.23. The second kappa shape index (κ2) is 5.41. The van der Waals surface area contributed by atoms with E-state index < -0.39 is 0 Å². The van der Waals surface area contributed by atoms with Crippen LogP contribution in [0.3, 0.4) is 0 Å². The predicted molar refractivity (Wildman–Crippen MR) is 74.8 cm³/mol. The van der Waals surface area contributed by atoms with Gasteiger partial charge in [0.15, 0.2) is 0 Å². The van der Waals surface area contributed by atoms with Gasteiger partial charge in [-0.2, -0.15) is 5.26 Å². The molecule has 1 aromatic rings. The lowest BCUT2D eigenvalue weighted by atomic mass is 10.1. The standard InChI is InChI=1S/C15H21N3/c1-12(2)17-7-9-18(10-8-17)15-13(3)5-4-6-14(15)11-16/h4-6,12H,7-10H2,1-3H3. The highest BCUT2D eigenvalue weighted by molar-refractivity contribution is 5.64. The fraction of sp³-hybridized carbons (Fsp3) is 0.533. The Bertz CT molecular complexity index is 451. The van der Waals surface area contributed by atoms with Crippen molar-refractivity contribution in [1.82, 2.24) is 4.90 Å². The van der Waals surface area contributed by atoms with Gasteiger partial charge in [0.1, 0.15) is 6.07 Å². The van der Waals surface area contributed by atoms with Crippen LogP contribution in [0.1, 0.15) is 25.0 Å². The maximum atomic E-state index is 9.23. The van der Waals surface area contributed by atoms with E-state index in [0.29, 0.717) is 6.04 Å². The molecule has 3 heteroatoms. The van der Waals surface area contributed by atoms with Crippen molar-refractivity contribution in [2.45, 2.75) is 26.8 Å². The van der Waals surface area contributed by atoms with Crippen LogP contribution in [0.2, 0.25) is 0 Å². The number of hydrogen-bond acceptors (Lipinski definition) is 3. The number of nitrogens with zero attached hydrogens (tertiary/aromatic N) is 3. The van der Waals surface area contributed by atoms with Gasteiger partial charge in [0.25, 0.3) is 0 Å². The molecule has 0 radical (unpaired) electrons. The molecule has 0 aliphatic carbocycles. The molecule has 1 aromatic carbocycles. The zero-order valence-electron chi connectivity index (χ0n) is 11.5. The van der Waals surface area contributed by atoms with Crippen LogP contribution in [0.4, 0.5) is 5.69 Å². The normalized spacial score (nSPS) is 16.9. The molecule has 0 spiro atoms. The summed E-state index contributed by atoms with van der Waals surface area (Å²) in [6.07, 6.45) is 0. The Morgan fingerprint density at radius 1 is 1.17 bits per heavy atom. The molecule has 1 aliphatic rings. The van der Waals surface area contributed by atoms with E-state index >= 15 is 0 Å². The van der Waals surface area contributed by atoms with Crippen molar-refractivity contribution in [1.29, 1.82) is 5.26 Å². The fourth-order valence-corrected chi connectivity index (χ4v) is 2.63. The van der Waals surface area contributed by atoms with Crippen molar-refractivity contribution in [3.05, 3.63) is 29.3 Å². The van der Waals surface area contributed by atoms with Crippen LogP contribution < -0.4 is 4.90 Å². The Morgan fingerprint density at radius 3 is 2.39 bits per heavy atom. The number of para-hydroxylation sites is 1. The first-order valence-corrected chi connectivity index (χ1v) is 6.62. The van der Waals surface area contributed by atoms with Crippen molar-refractivity contribution in [2.24, 2.45) is 0 Å². The van der Waals surface area contributed by atoms with E-state index in [0.717, 1.165) is 37.4 Å². The lowest BCUT2D eigenvalue weighted by Gasteiger charge is -2.39. The highest BCUT2D eigenvalue weighted by Crippen LogP contribution is 2.25. The van der Waals surface area contributed by atoms with Gasteiger partial charge in [0.2, 0.25) is 0 Å². The smallest absolute Gasteiger partial charge is 0.101 e. The minimum absolute atomic E-state index is 0.611. The van der Waals surface area contributed by atoms with E-state index in [-0.39, 0.29) is 0 Å². The molecule has 3 nitrogen and oxygen atoms in total. The van der Waals surface area contributed by atoms with Gasteiger partial charge in [-0.15, -0.1) is 0 Å². The third-order valence-electron chi connectivity index (χ3n) is 3.72. The fourth-order valence-electron chi connectivity index (χ4n) is 2.63. The number of benzene rings is 1. The average molecular weight is 243 g/mol. The Balaban J connectivity index is 2.18. The van der Waals surface area contributed by atoms with Gasteiger partial charge in [-0.1, -0.05) is 12.1 Å². The second-order valence-electron chi connectivity index (χ2n) is 5.20. The molecule has 0 unspecified atom stereocenters. The summed E-state index contributed by atoms with van der Waals surface area (Å²) < 4.78 is 0. The average Bonchev–Trinajstić information content (AvgIpc) is 2.38. The third-order valence-corrected chi connectivity index (χ3v) is 3.72. The Hall–Kier alpha value is -1.53. The van der Waals surface area contributed by atoms with E-state index in [1.165, 1.54) is 5.56 Å². The Labute approximate surface area is 110 Å². The quantitative estimate of drug-likeness (QED) is 0.799. The molecule has 1 heterocycles. The molecule has 1 aliphatic heterocycles. The van der Waals surface area contributed by atoms with E-state index in [9.17, 15) is 5.26 Å². The largest absolute Gasteiger partial charge is 0.368 e. The van der Waals surface area contributed by atoms with Crippen LogP contribution in [0.25, 0.3) is 0 Å². The third kappa shape index (κ3) is 2.49. The Morgan fingerprint density at radius 2 is 1.83 bits per heavy atom. The molecule has 96 valence electrons. The van der Waals surface area contributed by atoms with Gasteiger partial charge in [0, 0.05) is 32.2 Å².